The lowest BCUT2D eigenvalue weighted by Crippen LogP contribution is -2.49. The number of ether oxygens (including phenoxy) is 1. The molecule has 6 nitrogen and oxygen atoms in total. The number of amides is 2. The summed E-state index contributed by atoms with van der Waals surface area (Å²) in [5, 5.41) is 2.78. The van der Waals surface area contributed by atoms with Gasteiger partial charge in [0.2, 0.25) is 5.91 Å². The van der Waals surface area contributed by atoms with Crippen LogP contribution in [0.5, 0.6) is 0 Å². The van der Waals surface area contributed by atoms with E-state index in [1.807, 2.05) is 41.3 Å². The number of rotatable bonds is 4. The van der Waals surface area contributed by atoms with Crippen molar-refractivity contribution in [3.63, 3.8) is 0 Å². The molecule has 0 saturated carbocycles. The predicted octanol–water partition coefficient (Wildman–Crippen LogP) is 6.04. The first-order chi connectivity index (χ1) is 16.1. The van der Waals surface area contributed by atoms with E-state index in [1.54, 1.807) is 18.7 Å². The standard InChI is InChI=1S/C26H31N3O3S/c1-2-32-26(31)27-19-12-13-24-22(17-19)29(21-10-3-4-11-23(21)33-24)25(30)16-18-8-7-15-28-14-6-5-9-20(18)28/h3-4,10-13,17-18,20H,2,5-9,14-16H2,1H3,(H,27,31)/t18-,20-/m1/s1. The van der Waals surface area contributed by atoms with Gasteiger partial charge in [0, 0.05) is 27.9 Å². The van der Waals surface area contributed by atoms with E-state index in [1.165, 1.54) is 38.8 Å². The van der Waals surface area contributed by atoms with Crippen LogP contribution in [0, 0.1) is 5.92 Å². The fourth-order valence-electron chi connectivity index (χ4n) is 5.52. The second kappa shape index (κ2) is 9.77. The van der Waals surface area contributed by atoms with Crippen molar-refractivity contribution in [2.24, 2.45) is 5.92 Å². The Morgan fingerprint density at radius 2 is 1.85 bits per heavy atom. The van der Waals surface area contributed by atoms with Gasteiger partial charge in [-0.15, -0.1) is 0 Å². The lowest BCUT2D eigenvalue weighted by molar-refractivity contribution is -0.120. The molecule has 0 unspecified atom stereocenters. The Balaban J connectivity index is 1.44. The Morgan fingerprint density at radius 1 is 1.03 bits per heavy atom. The van der Waals surface area contributed by atoms with Crippen molar-refractivity contribution in [2.75, 3.05) is 29.9 Å². The first-order valence-electron chi connectivity index (χ1n) is 12.1. The van der Waals surface area contributed by atoms with Gasteiger partial charge >= 0.3 is 6.09 Å². The van der Waals surface area contributed by atoms with Gasteiger partial charge in [0.15, 0.2) is 0 Å². The van der Waals surface area contributed by atoms with Gasteiger partial charge in [-0.3, -0.25) is 15.0 Å². The third-order valence-corrected chi connectivity index (χ3v) is 8.09. The monoisotopic (exact) mass is 465 g/mol. The lowest BCUT2D eigenvalue weighted by Gasteiger charge is -2.44. The van der Waals surface area contributed by atoms with E-state index >= 15 is 0 Å². The number of hydrogen-bond acceptors (Lipinski definition) is 5. The molecule has 0 spiro atoms. The van der Waals surface area contributed by atoms with E-state index in [0.29, 0.717) is 30.7 Å². The zero-order chi connectivity index (χ0) is 22.8. The molecule has 7 heteroatoms. The number of nitrogens with zero attached hydrogens (tertiary/aromatic N) is 2. The number of carbonyl (C=O) groups excluding carboxylic acids is 2. The molecular weight excluding hydrogens is 434 g/mol. The average molecular weight is 466 g/mol. The molecule has 2 aromatic carbocycles. The topological polar surface area (TPSA) is 61.9 Å². The second-order valence-corrected chi connectivity index (χ2v) is 10.1. The molecular formula is C26H31N3O3S. The molecule has 3 aliphatic rings. The van der Waals surface area contributed by atoms with E-state index in [-0.39, 0.29) is 5.91 Å². The third kappa shape index (κ3) is 4.62. The second-order valence-electron chi connectivity index (χ2n) is 9.03. The fourth-order valence-corrected chi connectivity index (χ4v) is 6.56. The molecule has 2 aromatic rings. The van der Waals surface area contributed by atoms with Crippen LogP contribution in [-0.4, -0.2) is 42.6 Å². The summed E-state index contributed by atoms with van der Waals surface area (Å²) in [5.41, 5.74) is 2.38. The number of benzene rings is 2. The maximum atomic E-state index is 13.9. The summed E-state index contributed by atoms with van der Waals surface area (Å²) in [6.07, 6.45) is 6.10. The Bertz CT molecular complexity index is 1040. The molecule has 33 heavy (non-hydrogen) atoms. The minimum Gasteiger partial charge on any atom is -0.450 e. The van der Waals surface area contributed by atoms with Crippen molar-refractivity contribution in [2.45, 2.75) is 61.3 Å². The van der Waals surface area contributed by atoms with E-state index < -0.39 is 6.09 Å². The minimum atomic E-state index is -0.487. The van der Waals surface area contributed by atoms with Crippen molar-refractivity contribution in [3.8, 4) is 0 Å². The van der Waals surface area contributed by atoms with Crippen LogP contribution >= 0.6 is 11.8 Å². The van der Waals surface area contributed by atoms with Crippen LogP contribution in [0.4, 0.5) is 21.9 Å². The van der Waals surface area contributed by atoms with E-state index in [9.17, 15) is 9.59 Å². The molecule has 5 rings (SSSR count). The molecule has 2 amide bonds. The Morgan fingerprint density at radius 3 is 2.73 bits per heavy atom. The summed E-state index contributed by atoms with van der Waals surface area (Å²) < 4.78 is 5.03. The van der Waals surface area contributed by atoms with Gasteiger partial charge in [-0.25, -0.2) is 4.79 Å². The number of nitrogens with one attached hydrogen (secondary N) is 1. The lowest BCUT2D eigenvalue weighted by atomic mass is 9.81. The van der Waals surface area contributed by atoms with Crippen molar-refractivity contribution >= 4 is 40.8 Å². The summed E-state index contributed by atoms with van der Waals surface area (Å²) in [5.74, 6) is 0.535. The highest BCUT2D eigenvalue weighted by atomic mass is 32.2. The first-order valence-corrected chi connectivity index (χ1v) is 12.9. The third-order valence-electron chi connectivity index (χ3n) is 6.96. The number of fused-ring (bicyclic) bond motifs is 3. The quantitative estimate of drug-likeness (QED) is 0.597. The number of para-hydroxylation sites is 1. The molecule has 0 bridgehead atoms. The van der Waals surface area contributed by atoms with Crippen LogP contribution in [0.15, 0.2) is 52.3 Å². The Labute approximate surface area is 199 Å². The van der Waals surface area contributed by atoms with Gasteiger partial charge in [0.05, 0.1) is 18.0 Å². The van der Waals surface area contributed by atoms with Crippen LogP contribution < -0.4 is 10.2 Å². The molecule has 3 aliphatic heterocycles. The highest BCUT2D eigenvalue weighted by Gasteiger charge is 2.36. The summed E-state index contributed by atoms with van der Waals surface area (Å²) >= 11 is 1.66. The largest absolute Gasteiger partial charge is 0.450 e. The van der Waals surface area contributed by atoms with Crippen LogP contribution in [-0.2, 0) is 9.53 Å². The summed E-state index contributed by atoms with van der Waals surface area (Å²) in [6.45, 7) is 4.43. The summed E-state index contributed by atoms with van der Waals surface area (Å²) in [6, 6.07) is 14.3. The number of anilines is 3. The van der Waals surface area contributed by atoms with Gasteiger partial charge in [-0.05, 0) is 81.9 Å². The van der Waals surface area contributed by atoms with Crippen molar-refractivity contribution in [1.29, 1.82) is 0 Å². The average Bonchev–Trinajstić information content (AvgIpc) is 2.83. The smallest absolute Gasteiger partial charge is 0.411 e. The van der Waals surface area contributed by atoms with Gasteiger partial charge in [-0.2, -0.15) is 0 Å². The van der Waals surface area contributed by atoms with Crippen molar-refractivity contribution in [3.05, 3.63) is 42.5 Å². The van der Waals surface area contributed by atoms with Crippen LogP contribution in [0.25, 0.3) is 0 Å². The molecule has 0 aromatic heterocycles. The molecule has 2 saturated heterocycles. The highest BCUT2D eigenvalue weighted by molar-refractivity contribution is 7.99. The van der Waals surface area contributed by atoms with E-state index in [2.05, 4.69) is 16.3 Å². The number of piperidine rings is 2. The minimum absolute atomic E-state index is 0.134. The van der Waals surface area contributed by atoms with E-state index in [0.717, 1.165) is 27.6 Å². The first kappa shape index (κ1) is 22.3. The van der Waals surface area contributed by atoms with Gasteiger partial charge in [0.25, 0.3) is 0 Å². The van der Waals surface area contributed by atoms with Crippen molar-refractivity contribution < 1.29 is 14.3 Å². The molecule has 0 radical (unpaired) electrons. The molecule has 2 fully saturated rings. The van der Waals surface area contributed by atoms with Crippen LogP contribution in [0.1, 0.15) is 45.4 Å². The molecule has 3 heterocycles. The Kier molecular flexibility index (Phi) is 6.60. The maximum absolute atomic E-state index is 13.9. The molecule has 174 valence electrons. The zero-order valence-electron chi connectivity index (χ0n) is 19.1. The highest BCUT2D eigenvalue weighted by Crippen LogP contribution is 2.49. The fraction of sp³-hybridized carbons (Fsp3) is 0.462. The summed E-state index contributed by atoms with van der Waals surface area (Å²) in [4.78, 5) is 32.4. The van der Waals surface area contributed by atoms with Crippen LogP contribution in [0.3, 0.4) is 0 Å². The van der Waals surface area contributed by atoms with Gasteiger partial charge < -0.3 is 9.64 Å². The normalized spacial score (nSPS) is 22.0. The predicted molar refractivity (Wildman–Crippen MR) is 131 cm³/mol. The van der Waals surface area contributed by atoms with Gasteiger partial charge in [0.1, 0.15) is 0 Å². The molecule has 1 N–H and O–H groups in total. The maximum Gasteiger partial charge on any atom is 0.411 e. The SMILES string of the molecule is CCOC(=O)Nc1ccc2c(c1)N(C(=O)C[C@H]1CCCN3CCCC[C@H]13)c1ccccc1S2. The number of carbonyl (C=O) groups is 2. The van der Waals surface area contributed by atoms with Crippen LogP contribution in [0.2, 0.25) is 0 Å². The van der Waals surface area contributed by atoms with E-state index in [4.69, 9.17) is 4.74 Å². The van der Waals surface area contributed by atoms with Gasteiger partial charge in [-0.1, -0.05) is 30.3 Å². The summed E-state index contributed by atoms with van der Waals surface area (Å²) in [7, 11) is 0. The Hall–Kier alpha value is -2.51. The zero-order valence-corrected chi connectivity index (χ0v) is 19.9. The van der Waals surface area contributed by atoms with Crippen molar-refractivity contribution in [1.82, 2.24) is 4.90 Å². The molecule has 0 aliphatic carbocycles. The molecule has 2 atom stereocenters. The number of hydrogen-bond donors (Lipinski definition) is 1.